The summed E-state index contributed by atoms with van der Waals surface area (Å²) in [5, 5.41) is 8.46. The fourth-order valence-corrected chi connectivity index (χ4v) is 3.98. The Kier molecular flexibility index (Phi) is 5.50. The molecule has 0 saturated carbocycles. The number of hydrogen-bond acceptors (Lipinski definition) is 4. The number of hydrogen-bond donors (Lipinski definition) is 1. The minimum Gasteiger partial charge on any atom is -0.300 e. The number of anilines is 1. The van der Waals surface area contributed by atoms with E-state index in [1.807, 2.05) is 54.6 Å². The van der Waals surface area contributed by atoms with Crippen molar-refractivity contribution < 1.29 is 4.79 Å². The molecule has 4 aromatic rings. The van der Waals surface area contributed by atoms with Crippen molar-refractivity contribution in [1.29, 1.82) is 0 Å². The molecule has 0 aliphatic carbocycles. The summed E-state index contributed by atoms with van der Waals surface area (Å²) in [5.74, 6) is -0.187. The number of nitrogens with zero attached hydrogens (tertiary/aromatic N) is 3. The Morgan fingerprint density at radius 2 is 1.89 bits per heavy atom. The molecule has 7 heteroatoms. The molecule has 0 radical (unpaired) electrons. The van der Waals surface area contributed by atoms with E-state index in [2.05, 4.69) is 15.4 Å². The third-order valence-corrected chi connectivity index (χ3v) is 5.54. The van der Waals surface area contributed by atoms with Gasteiger partial charge in [0.25, 0.3) is 5.91 Å². The number of amides is 1. The molecule has 0 bridgehead atoms. The van der Waals surface area contributed by atoms with E-state index in [4.69, 9.17) is 11.6 Å². The minimum absolute atomic E-state index is 0.187. The highest BCUT2D eigenvalue weighted by molar-refractivity contribution is 7.15. The summed E-state index contributed by atoms with van der Waals surface area (Å²) in [5.41, 5.74) is 1.89. The Morgan fingerprint density at radius 3 is 2.64 bits per heavy atom. The van der Waals surface area contributed by atoms with Crippen LogP contribution in [0.2, 0.25) is 5.02 Å². The first-order valence-corrected chi connectivity index (χ1v) is 9.93. The van der Waals surface area contributed by atoms with Gasteiger partial charge in [0.1, 0.15) is 0 Å². The van der Waals surface area contributed by atoms with E-state index in [0.717, 1.165) is 21.0 Å². The smallest absolute Gasteiger partial charge is 0.255 e. The van der Waals surface area contributed by atoms with E-state index in [9.17, 15) is 4.79 Å². The van der Waals surface area contributed by atoms with Crippen LogP contribution in [-0.4, -0.2) is 20.7 Å². The summed E-state index contributed by atoms with van der Waals surface area (Å²) in [4.78, 5) is 18.4. The maximum atomic E-state index is 13.0. The number of aromatic nitrogens is 3. The summed E-state index contributed by atoms with van der Waals surface area (Å²) < 4.78 is 1.64. The lowest BCUT2D eigenvalue weighted by atomic mass is 10.1. The third kappa shape index (κ3) is 4.13. The normalized spacial score (nSPS) is 11.9. The highest BCUT2D eigenvalue weighted by atomic mass is 35.5. The second-order valence-corrected chi connectivity index (χ2v) is 7.71. The molecular formula is C21H17ClN4OS. The predicted molar refractivity (Wildman–Crippen MR) is 112 cm³/mol. The lowest BCUT2D eigenvalue weighted by molar-refractivity contribution is -0.118. The number of rotatable bonds is 6. The van der Waals surface area contributed by atoms with Crippen LogP contribution in [0.5, 0.6) is 0 Å². The molecular weight excluding hydrogens is 392 g/mol. The molecule has 28 heavy (non-hydrogen) atoms. The molecule has 0 spiro atoms. The van der Waals surface area contributed by atoms with Gasteiger partial charge in [-0.3, -0.25) is 14.8 Å². The van der Waals surface area contributed by atoms with Crippen molar-refractivity contribution in [3.63, 3.8) is 0 Å². The number of nitrogens with one attached hydrogen (secondary N) is 1. The largest absolute Gasteiger partial charge is 0.300 e. The van der Waals surface area contributed by atoms with E-state index < -0.39 is 6.04 Å². The zero-order valence-electron chi connectivity index (χ0n) is 14.8. The zero-order valence-corrected chi connectivity index (χ0v) is 16.4. The Morgan fingerprint density at radius 1 is 1.11 bits per heavy atom. The Hall–Kier alpha value is -2.96. The lowest BCUT2D eigenvalue weighted by Crippen LogP contribution is -2.27. The molecule has 1 atom stereocenters. The van der Waals surface area contributed by atoms with Gasteiger partial charge in [0, 0.05) is 34.9 Å². The summed E-state index contributed by atoms with van der Waals surface area (Å²) >= 11 is 7.68. The van der Waals surface area contributed by atoms with Crippen molar-refractivity contribution in [1.82, 2.24) is 14.8 Å². The highest BCUT2D eigenvalue weighted by Gasteiger charge is 2.23. The SMILES string of the molecule is O=C(Nc1ncc(Cc2ccccc2Cl)s1)C(c1ccccc1)n1cccn1. The van der Waals surface area contributed by atoms with Gasteiger partial charge in [-0.25, -0.2) is 4.98 Å². The highest BCUT2D eigenvalue weighted by Crippen LogP contribution is 2.26. The summed E-state index contributed by atoms with van der Waals surface area (Å²) in [6.45, 7) is 0. The van der Waals surface area contributed by atoms with Crippen molar-refractivity contribution in [2.75, 3.05) is 5.32 Å². The molecule has 0 aliphatic heterocycles. The third-order valence-electron chi connectivity index (χ3n) is 4.26. The molecule has 1 amide bonds. The topological polar surface area (TPSA) is 59.8 Å². The van der Waals surface area contributed by atoms with E-state index >= 15 is 0 Å². The minimum atomic E-state index is -0.563. The van der Waals surface area contributed by atoms with E-state index in [-0.39, 0.29) is 5.91 Å². The first kappa shape index (κ1) is 18.4. The van der Waals surface area contributed by atoms with Crippen LogP contribution in [0.25, 0.3) is 0 Å². The van der Waals surface area contributed by atoms with Crippen molar-refractivity contribution in [2.45, 2.75) is 12.5 Å². The molecule has 2 aromatic carbocycles. The second-order valence-electron chi connectivity index (χ2n) is 6.19. The average molecular weight is 409 g/mol. The number of thiazole rings is 1. The molecule has 0 saturated heterocycles. The monoisotopic (exact) mass is 408 g/mol. The number of benzene rings is 2. The standard InChI is InChI=1S/C21H17ClN4OS/c22-18-10-5-4-9-16(18)13-17-14-23-21(28-17)25-20(27)19(26-12-6-11-24-26)15-7-2-1-3-8-15/h1-12,14,19H,13H2,(H,23,25,27). The van der Waals surface area contributed by atoms with Crippen LogP contribution < -0.4 is 5.32 Å². The number of carbonyl (C=O) groups excluding carboxylic acids is 1. The van der Waals surface area contributed by atoms with Crippen LogP contribution in [0.4, 0.5) is 5.13 Å². The Bertz CT molecular complexity index is 1060. The van der Waals surface area contributed by atoms with Gasteiger partial charge in [0.2, 0.25) is 0 Å². The van der Waals surface area contributed by atoms with Gasteiger partial charge >= 0.3 is 0 Å². The van der Waals surface area contributed by atoms with Crippen LogP contribution in [0.1, 0.15) is 22.0 Å². The lowest BCUT2D eigenvalue weighted by Gasteiger charge is -2.16. The van der Waals surface area contributed by atoms with E-state index in [1.54, 1.807) is 29.3 Å². The Balaban J connectivity index is 1.52. The van der Waals surface area contributed by atoms with Crippen LogP contribution in [0, 0.1) is 0 Å². The molecule has 140 valence electrons. The summed E-state index contributed by atoms with van der Waals surface area (Å²) in [7, 11) is 0. The zero-order chi connectivity index (χ0) is 19.3. The molecule has 1 unspecified atom stereocenters. The van der Waals surface area contributed by atoms with Crippen LogP contribution >= 0.6 is 22.9 Å². The first-order chi connectivity index (χ1) is 13.7. The van der Waals surface area contributed by atoms with Crippen molar-refractivity contribution in [3.05, 3.63) is 100 Å². The van der Waals surface area contributed by atoms with Gasteiger partial charge < -0.3 is 0 Å². The molecule has 0 aliphatic rings. The molecule has 1 N–H and O–H groups in total. The van der Waals surface area contributed by atoms with Gasteiger partial charge in [-0.2, -0.15) is 5.10 Å². The predicted octanol–water partition coefficient (Wildman–Crippen LogP) is 4.81. The summed E-state index contributed by atoms with van der Waals surface area (Å²) in [6, 6.07) is 18.5. The molecule has 2 aromatic heterocycles. The van der Waals surface area contributed by atoms with E-state index in [1.165, 1.54) is 11.3 Å². The van der Waals surface area contributed by atoms with Crippen molar-refractivity contribution in [3.8, 4) is 0 Å². The van der Waals surface area contributed by atoms with Crippen LogP contribution in [-0.2, 0) is 11.2 Å². The maximum Gasteiger partial charge on any atom is 0.255 e. The number of carbonyl (C=O) groups is 1. The van der Waals surface area contributed by atoms with Crippen molar-refractivity contribution in [2.24, 2.45) is 0 Å². The average Bonchev–Trinajstić information content (AvgIpc) is 3.37. The first-order valence-electron chi connectivity index (χ1n) is 8.74. The van der Waals surface area contributed by atoms with Gasteiger partial charge in [0.15, 0.2) is 11.2 Å². The fourth-order valence-electron chi connectivity index (χ4n) is 2.94. The quantitative estimate of drug-likeness (QED) is 0.498. The molecule has 4 rings (SSSR count). The maximum absolute atomic E-state index is 13.0. The van der Waals surface area contributed by atoms with Gasteiger partial charge in [-0.05, 0) is 23.3 Å². The van der Waals surface area contributed by atoms with Gasteiger partial charge in [0.05, 0.1) is 0 Å². The molecule has 0 fully saturated rings. The Labute approximate surface area is 171 Å². The second kappa shape index (κ2) is 8.37. The molecule has 2 heterocycles. The van der Waals surface area contributed by atoms with E-state index in [0.29, 0.717) is 11.6 Å². The van der Waals surface area contributed by atoms with Crippen molar-refractivity contribution >= 4 is 34.0 Å². The van der Waals surface area contributed by atoms with Crippen LogP contribution in [0.15, 0.2) is 79.3 Å². The van der Waals surface area contributed by atoms with Gasteiger partial charge in [-0.1, -0.05) is 60.1 Å². The fraction of sp³-hybridized carbons (Fsp3) is 0.0952. The number of halogens is 1. The molecule has 5 nitrogen and oxygen atoms in total. The van der Waals surface area contributed by atoms with Gasteiger partial charge in [-0.15, -0.1) is 11.3 Å². The summed E-state index contributed by atoms with van der Waals surface area (Å²) in [6.07, 6.45) is 5.89. The van der Waals surface area contributed by atoms with Crippen LogP contribution in [0.3, 0.4) is 0 Å².